The van der Waals surface area contributed by atoms with E-state index < -0.39 is 76.3 Å². The van der Waals surface area contributed by atoms with Crippen LogP contribution >= 0.6 is 0 Å². The lowest BCUT2D eigenvalue weighted by atomic mass is 9.44. The van der Waals surface area contributed by atoms with Crippen molar-refractivity contribution in [3.05, 3.63) is 23.8 Å². The van der Waals surface area contributed by atoms with Crippen molar-refractivity contribution in [2.75, 3.05) is 6.61 Å². The molecule has 0 aliphatic heterocycles. The Morgan fingerprint density at radius 3 is 2.32 bits per heavy atom. The first kappa shape index (κ1) is 27.2. The van der Waals surface area contributed by atoms with Crippen LogP contribution in [0.1, 0.15) is 67.2 Å². The van der Waals surface area contributed by atoms with E-state index >= 15 is 4.39 Å². The zero-order valence-electron chi connectivity index (χ0n) is 22.2. The number of halogens is 1. The molecule has 202 valence electrons. The van der Waals surface area contributed by atoms with E-state index in [1.165, 1.54) is 32.9 Å². The van der Waals surface area contributed by atoms with E-state index in [1.54, 1.807) is 26.8 Å². The molecule has 0 aromatic carbocycles. The third-order valence-electron chi connectivity index (χ3n) is 9.59. The number of ether oxygens (including phenoxy) is 3. The quantitative estimate of drug-likeness (QED) is 0.401. The highest BCUT2D eigenvalue weighted by Gasteiger charge is 2.78. The first-order chi connectivity index (χ1) is 17.1. The van der Waals surface area contributed by atoms with Gasteiger partial charge in [0.25, 0.3) is 0 Å². The van der Waals surface area contributed by atoms with Gasteiger partial charge in [-0.25, -0.2) is 4.39 Å². The van der Waals surface area contributed by atoms with Crippen LogP contribution in [0.5, 0.6) is 0 Å². The monoisotopic (exact) mass is 518 g/mol. The fourth-order valence-electron chi connectivity index (χ4n) is 8.19. The lowest BCUT2D eigenvalue weighted by Crippen LogP contribution is -2.70. The van der Waals surface area contributed by atoms with Crippen molar-refractivity contribution in [3.63, 3.8) is 0 Å². The Labute approximate surface area is 216 Å². The number of Topliss-reactive ketones (excluding diaryl/α,β-unsaturated/α-hetero) is 1. The molecule has 9 heteroatoms. The molecule has 3 saturated carbocycles. The lowest BCUT2D eigenvalue weighted by molar-refractivity contribution is -0.235. The van der Waals surface area contributed by atoms with Crippen molar-refractivity contribution in [2.45, 2.75) is 84.6 Å². The average Bonchev–Trinajstić information content (AvgIpc) is 3.00. The molecular weight excluding hydrogens is 483 g/mol. The second-order valence-electron chi connectivity index (χ2n) is 11.5. The van der Waals surface area contributed by atoms with Gasteiger partial charge in [0.2, 0.25) is 5.78 Å². The van der Waals surface area contributed by atoms with Gasteiger partial charge < -0.3 is 14.2 Å². The minimum atomic E-state index is -2.06. The number of carbonyl (C=O) groups is 5. The molecule has 0 spiro atoms. The minimum Gasteiger partial charge on any atom is -0.459 e. The third-order valence-corrected chi connectivity index (χ3v) is 9.59. The summed E-state index contributed by atoms with van der Waals surface area (Å²) in [6.07, 6.45) is 4.28. The second-order valence-corrected chi connectivity index (χ2v) is 11.5. The Morgan fingerprint density at radius 2 is 1.73 bits per heavy atom. The molecule has 37 heavy (non-hydrogen) atoms. The van der Waals surface area contributed by atoms with Gasteiger partial charge in [0.15, 0.2) is 23.7 Å². The van der Waals surface area contributed by atoms with Crippen molar-refractivity contribution in [1.29, 1.82) is 0 Å². The Balaban J connectivity index is 1.89. The predicted molar refractivity (Wildman–Crippen MR) is 129 cm³/mol. The highest BCUT2D eigenvalue weighted by molar-refractivity contribution is 6.01. The van der Waals surface area contributed by atoms with Gasteiger partial charge in [-0.2, -0.15) is 0 Å². The van der Waals surface area contributed by atoms with Crippen LogP contribution in [0, 0.1) is 28.6 Å². The Bertz CT molecular complexity index is 1130. The van der Waals surface area contributed by atoms with Crippen LogP contribution in [-0.4, -0.2) is 53.5 Å². The summed E-state index contributed by atoms with van der Waals surface area (Å²) in [7, 11) is 0. The number of rotatable bonds is 5. The molecule has 0 heterocycles. The van der Waals surface area contributed by atoms with E-state index in [9.17, 15) is 24.0 Å². The number of fused-ring (bicyclic) bond motifs is 5. The molecule has 0 aromatic rings. The molecule has 0 amide bonds. The minimum absolute atomic E-state index is 0.0850. The molecule has 3 unspecified atom stereocenters. The number of hydrogen-bond donors (Lipinski definition) is 0. The Morgan fingerprint density at radius 1 is 1.05 bits per heavy atom. The zero-order chi connectivity index (χ0) is 27.6. The van der Waals surface area contributed by atoms with Crippen LogP contribution in [0.25, 0.3) is 0 Å². The van der Waals surface area contributed by atoms with Gasteiger partial charge >= 0.3 is 17.9 Å². The fourth-order valence-corrected chi connectivity index (χ4v) is 8.19. The van der Waals surface area contributed by atoms with Crippen molar-refractivity contribution >= 4 is 29.5 Å². The van der Waals surface area contributed by atoms with Gasteiger partial charge in [0, 0.05) is 43.4 Å². The molecule has 0 aromatic heterocycles. The van der Waals surface area contributed by atoms with Crippen LogP contribution in [0.2, 0.25) is 0 Å². The standard InChI is InChI=1S/C28H35FO8/c1-15-11-22-21-8-7-19-12-20(33)9-10-25(19,5)27(21,29)24(36-17(3)31)13-26(22,6)28(15,37-18(4)32)23(34)14-35-16(2)30/h9-10,12,15,21-22,24H,7-8,11,13-14H2,1-6H3/t15-,21?,22?,24?,25+,26+,27+,28+/m1/s1. The van der Waals surface area contributed by atoms with Gasteiger partial charge in [0.1, 0.15) is 6.10 Å². The maximum atomic E-state index is 17.9. The van der Waals surface area contributed by atoms with E-state index in [0.29, 0.717) is 24.8 Å². The predicted octanol–water partition coefficient (Wildman–Crippen LogP) is 3.61. The fraction of sp³-hybridized carbons (Fsp3) is 0.679. The molecule has 0 bridgehead atoms. The smallest absolute Gasteiger partial charge is 0.303 e. The molecular formula is C28H35FO8. The summed E-state index contributed by atoms with van der Waals surface area (Å²) in [6.45, 7) is 8.31. The molecule has 0 saturated heterocycles. The third kappa shape index (κ3) is 3.71. The molecule has 0 N–H and O–H groups in total. The SMILES string of the molecule is CC(=O)OCC(=O)[C@@]1(OC(C)=O)[C@H](C)CC2C3CCC4=CC(=O)C=C[C@]4(C)[C@@]3(F)C(OC(C)=O)C[C@@]21C. The highest BCUT2D eigenvalue weighted by atomic mass is 19.1. The average molecular weight is 519 g/mol. The van der Waals surface area contributed by atoms with E-state index in [2.05, 4.69) is 0 Å². The van der Waals surface area contributed by atoms with Crippen LogP contribution < -0.4 is 0 Å². The van der Waals surface area contributed by atoms with E-state index in [4.69, 9.17) is 14.2 Å². The summed E-state index contributed by atoms with van der Waals surface area (Å²) >= 11 is 0. The van der Waals surface area contributed by atoms with Gasteiger partial charge in [0.05, 0.1) is 0 Å². The highest BCUT2D eigenvalue weighted by Crippen LogP contribution is 2.71. The van der Waals surface area contributed by atoms with Crippen molar-refractivity contribution < 1.29 is 42.6 Å². The van der Waals surface area contributed by atoms with Crippen LogP contribution in [0.4, 0.5) is 4.39 Å². The van der Waals surface area contributed by atoms with E-state index in [0.717, 1.165) is 0 Å². The largest absolute Gasteiger partial charge is 0.459 e. The van der Waals surface area contributed by atoms with Gasteiger partial charge in [-0.3, -0.25) is 24.0 Å². The Kier molecular flexibility index (Phi) is 6.53. The summed E-state index contributed by atoms with van der Waals surface area (Å²) < 4.78 is 34.4. The van der Waals surface area contributed by atoms with E-state index in [1.807, 2.05) is 0 Å². The number of ketones is 2. The second kappa shape index (κ2) is 8.88. The summed E-state index contributed by atoms with van der Waals surface area (Å²) in [6, 6.07) is 0. The Hall–Kier alpha value is -2.84. The van der Waals surface area contributed by atoms with E-state index in [-0.39, 0.29) is 12.2 Å². The summed E-state index contributed by atoms with van der Waals surface area (Å²) in [4.78, 5) is 62.1. The lowest BCUT2D eigenvalue weighted by Gasteiger charge is -2.63. The summed E-state index contributed by atoms with van der Waals surface area (Å²) in [5.74, 6) is -4.37. The number of esters is 3. The molecule has 8 atom stereocenters. The van der Waals surface area contributed by atoms with Crippen molar-refractivity contribution in [3.8, 4) is 0 Å². The van der Waals surface area contributed by atoms with Gasteiger partial charge in [-0.1, -0.05) is 25.5 Å². The van der Waals surface area contributed by atoms with Crippen LogP contribution in [0.3, 0.4) is 0 Å². The maximum Gasteiger partial charge on any atom is 0.303 e. The molecule has 3 fully saturated rings. The molecule has 4 aliphatic carbocycles. The number of alkyl halides is 1. The first-order valence-corrected chi connectivity index (χ1v) is 12.8. The first-order valence-electron chi connectivity index (χ1n) is 12.8. The molecule has 8 nitrogen and oxygen atoms in total. The summed E-state index contributed by atoms with van der Waals surface area (Å²) in [5, 5.41) is 0. The van der Waals surface area contributed by atoms with Crippen LogP contribution in [-0.2, 0) is 38.2 Å². The normalized spacial score (nSPS) is 42.0. The number of hydrogen-bond acceptors (Lipinski definition) is 8. The topological polar surface area (TPSA) is 113 Å². The van der Waals surface area contributed by atoms with Crippen LogP contribution in [0.15, 0.2) is 23.8 Å². The zero-order valence-corrected chi connectivity index (χ0v) is 22.2. The van der Waals surface area contributed by atoms with Crippen molar-refractivity contribution in [2.24, 2.45) is 28.6 Å². The maximum absolute atomic E-state index is 17.9. The number of allylic oxidation sites excluding steroid dienone is 4. The molecule has 4 rings (SSSR count). The summed E-state index contributed by atoms with van der Waals surface area (Å²) in [5.41, 5.74) is -5.41. The molecule has 4 aliphatic rings. The van der Waals surface area contributed by atoms with Gasteiger partial charge in [-0.15, -0.1) is 0 Å². The number of carbonyl (C=O) groups excluding carboxylic acids is 5. The molecule has 0 radical (unpaired) electrons. The van der Waals surface area contributed by atoms with Crippen molar-refractivity contribution in [1.82, 2.24) is 0 Å². The van der Waals surface area contributed by atoms with Gasteiger partial charge in [-0.05, 0) is 50.7 Å².